The predicted octanol–water partition coefficient (Wildman–Crippen LogP) is 2.75. The van der Waals surface area contributed by atoms with Crippen LogP contribution in [0.5, 0.6) is 0 Å². The van der Waals surface area contributed by atoms with Crippen molar-refractivity contribution in [2.24, 2.45) is 5.92 Å². The molecule has 5 heteroatoms. The second kappa shape index (κ2) is 7.93. The summed E-state index contributed by atoms with van der Waals surface area (Å²) in [4.78, 5) is 0. The molecule has 0 aromatic carbocycles. The van der Waals surface area contributed by atoms with Gasteiger partial charge in [0.05, 0.1) is 5.75 Å². The third-order valence-corrected chi connectivity index (χ3v) is 7.38. The van der Waals surface area contributed by atoms with Crippen LogP contribution in [0.25, 0.3) is 0 Å². The molecule has 2 rings (SSSR count). The lowest BCUT2D eigenvalue weighted by Gasteiger charge is -2.35. The molecule has 0 heterocycles. The van der Waals surface area contributed by atoms with Crippen LogP contribution in [-0.4, -0.2) is 44.2 Å². The van der Waals surface area contributed by atoms with Crippen molar-refractivity contribution in [2.75, 3.05) is 19.3 Å². The van der Waals surface area contributed by atoms with E-state index in [4.69, 9.17) is 0 Å². The summed E-state index contributed by atoms with van der Waals surface area (Å²) in [6, 6.07) is 0.800. The molecule has 4 nitrogen and oxygen atoms in total. The monoisotopic (exact) mass is 316 g/mol. The van der Waals surface area contributed by atoms with Gasteiger partial charge in [-0.25, -0.2) is 12.7 Å². The van der Waals surface area contributed by atoms with Gasteiger partial charge in [-0.15, -0.1) is 0 Å². The number of nitrogens with one attached hydrogen (secondary N) is 1. The van der Waals surface area contributed by atoms with Crippen LogP contribution < -0.4 is 5.32 Å². The highest BCUT2D eigenvalue weighted by Crippen LogP contribution is 2.28. The van der Waals surface area contributed by atoms with Gasteiger partial charge in [-0.3, -0.25) is 0 Å². The van der Waals surface area contributed by atoms with Crippen LogP contribution in [0.3, 0.4) is 0 Å². The molecular formula is C16H32N2O2S. The maximum atomic E-state index is 12.6. The molecule has 0 spiro atoms. The van der Waals surface area contributed by atoms with Gasteiger partial charge in [-0.2, -0.15) is 0 Å². The van der Waals surface area contributed by atoms with Crippen molar-refractivity contribution in [2.45, 2.75) is 76.8 Å². The Kier molecular flexibility index (Phi) is 6.51. The van der Waals surface area contributed by atoms with Crippen molar-refractivity contribution < 1.29 is 8.42 Å². The van der Waals surface area contributed by atoms with E-state index in [1.807, 2.05) is 0 Å². The summed E-state index contributed by atoms with van der Waals surface area (Å²) in [6.45, 7) is 3.14. The number of hydrogen-bond donors (Lipinski definition) is 1. The molecule has 2 aliphatic carbocycles. The van der Waals surface area contributed by atoms with Crippen LogP contribution >= 0.6 is 0 Å². The van der Waals surface area contributed by atoms with Crippen molar-refractivity contribution in [3.8, 4) is 0 Å². The lowest BCUT2D eigenvalue weighted by atomic mass is 9.91. The van der Waals surface area contributed by atoms with Gasteiger partial charge >= 0.3 is 0 Å². The minimum Gasteiger partial charge on any atom is -0.314 e. The first-order valence-electron chi connectivity index (χ1n) is 8.72. The van der Waals surface area contributed by atoms with Crippen molar-refractivity contribution in [1.82, 2.24) is 9.62 Å². The zero-order valence-corrected chi connectivity index (χ0v) is 14.5. The Morgan fingerprint density at radius 3 is 2.19 bits per heavy atom. The lowest BCUT2D eigenvalue weighted by molar-refractivity contribution is 0.249. The Labute approximate surface area is 130 Å². The van der Waals surface area contributed by atoms with Gasteiger partial charge in [-0.05, 0) is 51.0 Å². The number of rotatable bonds is 6. The summed E-state index contributed by atoms with van der Waals surface area (Å²) in [6.07, 6.45) is 10.1. The van der Waals surface area contributed by atoms with Crippen molar-refractivity contribution in [1.29, 1.82) is 0 Å². The highest BCUT2D eigenvalue weighted by Gasteiger charge is 2.32. The zero-order chi connectivity index (χ0) is 15.3. The first-order valence-corrected chi connectivity index (χ1v) is 10.3. The highest BCUT2D eigenvalue weighted by molar-refractivity contribution is 7.89. The molecule has 124 valence electrons. The Morgan fingerprint density at radius 2 is 1.62 bits per heavy atom. The van der Waals surface area contributed by atoms with Crippen molar-refractivity contribution in [3.63, 3.8) is 0 Å². The van der Waals surface area contributed by atoms with E-state index < -0.39 is 10.0 Å². The highest BCUT2D eigenvalue weighted by atomic mass is 32.2. The van der Waals surface area contributed by atoms with Crippen LogP contribution in [0, 0.1) is 5.92 Å². The van der Waals surface area contributed by atoms with E-state index in [0.29, 0.717) is 17.7 Å². The second-order valence-electron chi connectivity index (χ2n) is 6.86. The molecule has 2 aliphatic rings. The van der Waals surface area contributed by atoms with Crippen molar-refractivity contribution >= 4 is 10.0 Å². The molecule has 21 heavy (non-hydrogen) atoms. The van der Waals surface area contributed by atoms with E-state index in [0.717, 1.165) is 45.1 Å². The molecule has 0 amide bonds. The molecule has 0 aromatic heterocycles. The molecule has 1 N–H and O–H groups in total. The smallest absolute Gasteiger partial charge is 0.214 e. The van der Waals surface area contributed by atoms with Gasteiger partial charge in [0, 0.05) is 19.1 Å². The summed E-state index contributed by atoms with van der Waals surface area (Å²) in [5.41, 5.74) is 0. The zero-order valence-electron chi connectivity index (χ0n) is 13.7. The molecule has 0 bridgehead atoms. The largest absolute Gasteiger partial charge is 0.314 e. The van der Waals surface area contributed by atoms with Crippen molar-refractivity contribution in [3.05, 3.63) is 0 Å². The minimum atomic E-state index is -3.08. The standard InChI is InChI=1S/C16H32N2O2S/c1-3-17-15-9-11-16(12-10-15)18(2)21(19,20)13-14-7-5-4-6-8-14/h14-17H,3-13H2,1-2H3. The van der Waals surface area contributed by atoms with Crippen LogP contribution in [0.15, 0.2) is 0 Å². The maximum absolute atomic E-state index is 12.6. The van der Waals surface area contributed by atoms with E-state index in [1.165, 1.54) is 19.3 Å². The normalized spacial score (nSPS) is 28.9. The van der Waals surface area contributed by atoms with E-state index in [1.54, 1.807) is 11.4 Å². The lowest BCUT2D eigenvalue weighted by Crippen LogP contribution is -2.44. The van der Waals surface area contributed by atoms with Gasteiger partial charge in [-0.1, -0.05) is 26.2 Å². The molecule has 0 atom stereocenters. The average molecular weight is 317 g/mol. The Bertz CT molecular complexity index is 397. The van der Waals surface area contributed by atoms with E-state index in [9.17, 15) is 8.42 Å². The van der Waals surface area contributed by atoms with Gasteiger partial charge in [0.1, 0.15) is 0 Å². The first kappa shape index (κ1) is 17.2. The Morgan fingerprint density at radius 1 is 1.00 bits per heavy atom. The summed E-state index contributed by atoms with van der Waals surface area (Å²) < 4.78 is 26.9. The van der Waals surface area contributed by atoms with Gasteiger partial charge in [0.25, 0.3) is 0 Å². The maximum Gasteiger partial charge on any atom is 0.214 e. The number of hydrogen-bond acceptors (Lipinski definition) is 3. The first-order chi connectivity index (χ1) is 10.0. The fourth-order valence-corrected chi connectivity index (χ4v) is 5.76. The predicted molar refractivity (Wildman–Crippen MR) is 87.8 cm³/mol. The van der Waals surface area contributed by atoms with Gasteiger partial charge < -0.3 is 5.32 Å². The molecule has 0 saturated heterocycles. The van der Waals surface area contributed by atoms with Crippen LogP contribution in [0.1, 0.15) is 64.7 Å². The summed E-state index contributed by atoms with van der Waals surface area (Å²) >= 11 is 0. The van der Waals surface area contributed by atoms with Crippen LogP contribution in [0.4, 0.5) is 0 Å². The quantitative estimate of drug-likeness (QED) is 0.820. The molecule has 0 aromatic rings. The molecule has 0 radical (unpaired) electrons. The number of sulfonamides is 1. The molecule has 2 fully saturated rings. The van der Waals surface area contributed by atoms with E-state index in [2.05, 4.69) is 12.2 Å². The SMILES string of the molecule is CCNC1CCC(N(C)S(=O)(=O)CC2CCCCC2)CC1. The average Bonchev–Trinajstić information content (AvgIpc) is 2.48. The third kappa shape index (κ3) is 4.93. The van der Waals surface area contributed by atoms with Gasteiger partial charge in [0.2, 0.25) is 10.0 Å². The topological polar surface area (TPSA) is 49.4 Å². The van der Waals surface area contributed by atoms with Crippen LogP contribution in [-0.2, 0) is 10.0 Å². The summed E-state index contributed by atoms with van der Waals surface area (Å²) in [7, 11) is -1.27. The second-order valence-corrected chi connectivity index (χ2v) is 8.94. The fraction of sp³-hybridized carbons (Fsp3) is 1.00. The van der Waals surface area contributed by atoms with E-state index in [-0.39, 0.29) is 6.04 Å². The Hall–Kier alpha value is -0.130. The fourth-order valence-electron chi connectivity index (χ4n) is 3.93. The molecular weight excluding hydrogens is 284 g/mol. The van der Waals surface area contributed by atoms with E-state index >= 15 is 0 Å². The van der Waals surface area contributed by atoms with Crippen LogP contribution in [0.2, 0.25) is 0 Å². The Balaban J connectivity index is 1.85. The minimum absolute atomic E-state index is 0.216. The number of nitrogens with zero attached hydrogens (tertiary/aromatic N) is 1. The summed E-state index contributed by atoms with van der Waals surface area (Å²) in [5.74, 6) is 0.765. The third-order valence-electron chi connectivity index (χ3n) is 5.31. The molecule has 0 unspecified atom stereocenters. The van der Waals surface area contributed by atoms with Gasteiger partial charge in [0.15, 0.2) is 0 Å². The molecule has 0 aliphatic heterocycles. The summed E-state index contributed by atoms with van der Waals surface area (Å²) in [5, 5.41) is 3.48. The molecule has 2 saturated carbocycles.